The summed E-state index contributed by atoms with van der Waals surface area (Å²) in [4.78, 5) is 4.40. The molecule has 1 atom stereocenters. The van der Waals surface area contributed by atoms with Crippen LogP contribution in [0.5, 0.6) is 0 Å². The first-order valence-electron chi connectivity index (χ1n) is 6.37. The molecule has 0 N–H and O–H groups in total. The van der Waals surface area contributed by atoms with Gasteiger partial charge in [0.2, 0.25) is 0 Å². The molecule has 21 heavy (non-hydrogen) atoms. The number of benzene rings is 2. The fourth-order valence-corrected chi connectivity index (χ4v) is 3.95. The average Bonchev–Trinajstić information content (AvgIpc) is 2.99. The van der Waals surface area contributed by atoms with E-state index in [1.165, 1.54) is 42.1 Å². The SMILES string of the molecule is Fc1ccc2nc3n(c2c1)C(c1c(F)cccc1F)SC3. The largest absolute Gasteiger partial charge is 0.310 e. The van der Waals surface area contributed by atoms with E-state index in [2.05, 4.69) is 4.98 Å². The van der Waals surface area contributed by atoms with Crippen LogP contribution < -0.4 is 0 Å². The summed E-state index contributed by atoms with van der Waals surface area (Å²) in [5.74, 6) is -0.352. The van der Waals surface area contributed by atoms with Crippen molar-refractivity contribution >= 4 is 22.8 Å². The molecule has 1 aromatic heterocycles. The van der Waals surface area contributed by atoms with Gasteiger partial charge in [0, 0.05) is 0 Å². The zero-order valence-electron chi connectivity index (χ0n) is 10.7. The standard InChI is InChI=1S/C15H9F3N2S/c16-8-4-5-11-12(6-8)20-13(19-11)7-21-15(20)14-9(17)2-1-3-10(14)18/h1-6,15H,7H2. The molecule has 0 bridgehead atoms. The zero-order valence-corrected chi connectivity index (χ0v) is 11.5. The lowest BCUT2D eigenvalue weighted by Crippen LogP contribution is -2.08. The van der Waals surface area contributed by atoms with E-state index in [0.717, 1.165) is 0 Å². The lowest BCUT2D eigenvalue weighted by Gasteiger charge is -2.15. The van der Waals surface area contributed by atoms with Gasteiger partial charge < -0.3 is 4.57 Å². The molecule has 1 unspecified atom stereocenters. The summed E-state index contributed by atoms with van der Waals surface area (Å²) in [6.45, 7) is 0. The normalized spacial score (nSPS) is 17.4. The van der Waals surface area contributed by atoms with Gasteiger partial charge in [-0.05, 0) is 30.3 Å². The summed E-state index contributed by atoms with van der Waals surface area (Å²) in [6.07, 6.45) is 0. The van der Waals surface area contributed by atoms with Gasteiger partial charge in [-0.1, -0.05) is 6.07 Å². The Morgan fingerprint density at radius 3 is 2.62 bits per heavy atom. The highest BCUT2D eigenvalue weighted by molar-refractivity contribution is 7.99. The highest BCUT2D eigenvalue weighted by Gasteiger charge is 2.31. The van der Waals surface area contributed by atoms with Crippen LogP contribution in [0.2, 0.25) is 0 Å². The lowest BCUT2D eigenvalue weighted by molar-refractivity contribution is 0.544. The Hall–Kier alpha value is -1.95. The maximum atomic E-state index is 14.0. The van der Waals surface area contributed by atoms with Gasteiger partial charge in [0.25, 0.3) is 0 Å². The fraction of sp³-hybridized carbons (Fsp3) is 0.133. The van der Waals surface area contributed by atoms with Crippen molar-refractivity contribution in [2.45, 2.75) is 11.1 Å². The van der Waals surface area contributed by atoms with Gasteiger partial charge in [-0.15, -0.1) is 11.8 Å². The molecule has 2 aromatic carbocycles. The minimum atomic E-state index is -0.599. The summed E-state index contributed by atoms with van der Waals surface area (Å²) < 4.78 is 43.2. The molecule has 0 saturated carbocycles. The molecule has 0 fully saturated rings. The molecule has 2 heterocycles. The van der Waals surface area contributed by atoms with Crippen LogP contribution in [-0.2, 0) is 5.75 Å². The maximum absolute atomic E-state index is 14.0. The molecule has 0 radical (unpaired) electrons. The second-order valence-electron chi connectivity index (χ2n) is 4.83. The number of imidazole rings is 1. The molecule has 3 aromatic rings. The van der Waals surface area contributed by atoms with Crippen LogP contribution in [0.1, 0.15) is 16.8 Å². The van der Waals surface area contributed by atoms with Gasteiger partial charge in [0.15, 0.2) is 0 Å². The monoisotopic (exact) mass is 306 g/mol. The van der Waals surface area contributed by atoms with E-state index < -0.39 is 22.8 Å². The first-order valence-corrected chi connectivity index (χ1v) is 7.42. The molecule has 0 amide bonds. The molecule has 0 saturated heterocycles. The summed E-state index contributed by atoms with van der Waals surface area (Å²) in [6, 6.07) is 8.06. The minimum Gasteiger partial charge on any atom is -0.310 e. The highest BCUT2D eigenvalue weighted by atomic mass is 32.2. The van der Waals surface area contributed by atoms with E-state index in [4.69, 9.17) is 0 Å². The van der Waals surface area contributed by atoms with Gasteiger partial charge in [-0.2, -0.15) is 0 Å². The van der Waals surface area contributed by atoms with Crippen LogP contribution in [0.4, 0.5) is 13.2 Å². The van der Waals surface area contributed by atoms with Crippen LogP contribution >= 0.6 is 11.8 Å². The summed E-state index contributed by atoms with van der Waals surface area (Å²) in [5.41, 5.74) is 1.18. The molecule has 0 aliphatic carbocycles. The molecule has 6 heteroatoms. The first kappa shape index (κ1) is 12.8. The first-order chi connectivity index (χ1) is 10.1. The topological polar surface area (TPSA) is 17.8 Å². The number of rotatable bonds is 1. The summed E-state index contributed by atoms with van der Waals surface area (Å²) >= 11 is 1.38. The molecule has 2 nitrogen and oxygen atoms in total. The average molecular weight is 306 g/mol. The maximum Gasteiger partial charge on any atom is 0.132 e. The van der Waals surface area contributed by atoms with E-state index in [1.807, 2.05) is 0 Å². The van der Waals surface area contributed by atoms with Crippen molar-refractivity contribution in [2.24, 2.45) is 0 Å². The van der Waals surface area contributed by atoms with Crippen molar-refractivity contribution in [2.75, 3.05) is 0 Å². The van der Waals surface area contributed by atoms with Crippen molar-refractivity contribution < 1.29 is 13.2 Å². The van der Waals surface area contributed by atoms with Crippen LogP contribution in [0.15, 0.2) is 36.4 Å². The molecular weight excluding hydrogens is 297 g/mol. The van der Waals surface area contributed by atoms with Crippen LogP contribution in [-0.4, -0.2) is 9.55 Å². The van der Waals surface area contributed by atoms with Gasteiger partial charge in [0.1, 0.15) is 28.6 Å². The molecule has 1 aliphatic heterocycles. The van der Waals surface area contributed by atoms with Gasteiger partial charge in [-0.25, -0.2) is 18.2 Å². The molecule has 106 valence electrons. The van der Waals surface area contributed by atoms with Crippen LogP contribution in [0.3, 0.4) is 0 Å². The van der Waals surface area contributed by atoms with Crippen LogP contribution in [0.25, 0.3) is 11.0 Å². The third-order valence-corrected chi connectivity index (χ3v) is 4.76. The number of fused-ring (bicyclic) bond motifs is 3. The molecule has 0 spiro atoms. The molecule has 1 aliphatic rings. The highest BCUT2D eigenvalue weighted by Crippen LogP contribution is 2.44. The second kappa shape index (κ2) is 4.53. The van der Waals surface area contributed by atoms with Crippen LogP contribution in [0, 0.1) is 17.5 Å². The van der Waals surface area contributed by atoms with E-state index in [0.29, 0.717) is 22.6 Å². The lowest BCUT2D eigenvalue weighted by atomic mass is 10.2. The predicted octanol–water partition coefficient (Wildman–Crippen LogP) is 4.25. The number of nitrogens with zero attached hydrogens (tertiary/aromatic N) is 2. The van der Waals surface area contributed by atoms with Gasteiger partial charge in [0.05, 0.1) is 22.3 Å². The Morgan fingerprint density at radius 1 is 1.10 bits per heavy atom. The van der Waals surface area contributed by atoms with Gasteiger partial charge in [-0.3, -0.25) is 0 Å². The second-order valence-corrected chi connectivity index (χ2v) is 5.90. The summed E-state index contributed by atoms with van der Waals surface area (Å²) in [5, 5.41) is -0.562. The summed E-state index contributed by atoms with van der Waals surface area (Å²) in [7, 11) is 0. The Labute approximate surface area is 122 Å². The van der Waals surface area contributed by atoms with Crippen molar-refractivity contribution in [3.8, 4) is 0 Å². The zero-order chi connectivity index (χ0) is 14.6. The van der Waals surface area contributed by atoms with E-state index >= 15 is 0 Å². The van der Waals surface area contributed by atoms with E-state index in [1.54, 1.807) is 10.6 Å². The Morgan fingerprint density at radius 2 is 1.86 bits per heavy atom. The quantitative estimate of drug-likeness (QED) is 0.669. The van der Waals surface area contributed by atoms with Crippen molar-refractivity contribution in [1.82, 2.24) is 9.55 Å². The molecule has 4 rings (SSSR count). The van der Waals surface area contributed by atoms with E-state index in [9.17, 15) is 13.2 Å². The smallest absolute Gasteiger partial charge is 0.132 e. The minimum absolute atomic E-state index is 0.00943. The third kappa shape index (κ3) is 1.86. The Balaban J connectivity index is 1.97. The number of thioether (sulfide) groups is 1. The number of hydrogen-bond donors (Lipinski definition) is 0. The van der Waals surface area contributed by atoms with Crippen molar-refractivity contribution in [3.05, 3.63) is 65.2 Å². The number of hydrogen-bond acceptors (Lipinski definition) is 2. The third-order valence-electron chi connectivity index (χ3n) is 3.58. The fourth-order valence-electron chi connectivity index (χ4n) is 2.67. The van der Waals surface area contributed by atoms with Crippen molar-refractivity contribution in [1.29, 1.82) is 0 Å². The number of aromatic nitrogens is 2. The van der Waals surface area contributed by atoms with Gasteiger partial charge >= 0.3 is 0 Å². The van der Waals surface area contributed by atoms with Crippen molar-refractivity contribution in [3.63, 3.8) is 0 Å². The number of halogens is 3. The Kier molecular flexibility index (Phi) is 2.75. The molecular formula is C15H9F3N2S. The predicted molar refractivity (Wildman–Crippen MR) is 75.5 cm³/mol. The van der Waals surface area contributed by atoms with E-state index in [-0.39, 0.29) is 5.56 Å². The Bertz CT molecular complexity index is 839.